The van der Waals surface area contributed by atoms with Crippen molar-refractivity contribution in [2.75, 3.05) is 32.6 Å². The van der Waals surface area contributed by atoms with Crippen molar-refractivity contribution in [2.24, 2.45) is 0 Å². The van der Waals surface area contributed by atoms with E-state index in [0.29, 0.717) is 29.2 Å². The summed E-state index contributed by atoms with van der Waals surface area (Å²) in [5.41, 5.74) is 3.84. The number of amides is 1. The second kappa shape index (κ2) is 9.44. The van der Waals surface area contributed by atoms with E-state index in [0.717, 1.165) is 43.6 Å². The molecule has 0 unspecified atom stereocenters. The van der Waals surface area contributed by atoms with Gasteiger partial charge in [0, 0.05) is 24.8 Å². The predicted molar refractivity (Wildman–Crippen MR) is 113 cm³/mol. The average molecular weight is 393 g/mol. The highest BCUT2D eigenvalue weighted by Gasteiger charge is 2.21. The smallest absolute Gasteiger partial charge is 0.259 e. The zero-order valence-electron chi connectivity index (χ0n) is 17.2. The Labute approximate surface area is 172 Å². The molecule has 0 fully saturated rings. The van der Waals surface area contributed by atoms with Gasteiger partial charge in [0.05, 0.1) is 24.8 Å². The number of methoxy groups -OCH3 is 1. The van der Waals surface area contributed by atoms with Crippen LogP contribution in [0, 0.1) is 11.3 Å². The van der Waals surface area contributed by atoms with Crippen molar-refractivity contribution in [1.29, 1.82) is 5.26 Å². The van der Waals surface area contributed by atoms with Crippen LogP contribution >= 0.6 is 0 Å². The Morgan fingerprint density at radius 3 is 2.86 bits per heavy atom. The van der Waals surface area contributed by atoms with Gasteiger partial charge in [0.2, 0.25) is 0 Å². The normalized spacial score (nSPS) is 13.3. The molecule has 0 aliphatic carbocycles. The molecule has 152 valence electrons. The molecule has 2 aromatic carbocycles. The van der Waals surface area contributed by atoms with E-state index in [1.54, 1.807) is 12.1 Å². The quantitative estimate of drug-likeness (QED) is 0.720. The van der Waals surface area contributed by atoms with Gasteiger partial charge in [0.15, 0.2) is 0 Å². The lowest BCUT2D eigenvalue weighted by Gasteiger charge is -2.26. The lowest BCUT2D eigenvalue weighted by molar-refractivity contribution is 0.102. The van der Waals surface area contributed by atoms with E-state index in [1.165, 1.54) is 12.7 Å². The fraction of sp³-hybridized carbons (Fsp3) is 0.391. The summed E-state index contributed by atoms with van der Waals surface area (Å²) < 4.78 is 11.1. The summed E-state index contributed by atoms with van der Waals surface area (Å²) in [6.45, 7) is 4.41. The van der Waals surface area contributed by atoms with Gasteiger partial charge in [0.25, 0.3) is 5.91 Å². The van der Waals surface area contributed by atoms with Crippen LogP contribution in [0.2, 0.25) is 0 Å². The van der Waals surface area contributed by atoms with Gasteiger partial charge in [-0.2, -0.15) is 5.26 Å². The highest BCUT2D eigenvalue weighted by molar-refractivity contribution is 6.07. The summed E-state index contributed by atoms with van der Waals surface area (Å²) in [6, 6.07) is 11.3. The first-order valence-electron chi connectivity index (χ1n) is 9.93. The van der Waals surface area contributed by atoms with Crippen LogP contribution in [-0.4, -0.2) is 38.1 Å². The van der Waals surface area contributed by atoms with Crippen LogP contribution in [0.1, 0.15) is 46.8 Å². The summed E-state index contributed by atoms with van der Waals surface area (Å²) >= 11 is 0. The summed E-state index contributed by atoms with van der Waals surface area (Å²) in [5, 5.41) is 12.5. The van der Waals surface area contributed by atoms with Crippen molar-refractivity contribution >= 4 is 11.6 Å². The monoisotopic (exact) mass is 393 g/mol. The highest BCUT2D eigenvalue weighted by atomic mass is 16.5. The van der Waals surface area contributed by atoms with Gasteiger partial charge >= 0.3 is 0 Å². The molecular formula is C23H27N3O3. The number of benzene rings is 2. The van der Waals surface area contributed by atoms with Gasteiger partial charge in [0.1, 0.15) is 17.6 Å². The number of anilines is 1. The van der Waals surface area contributed by atoms with Crippen LogP contribution in [-0.2, 0) is 13.0 Å². The van der Waals surface area contributed by atoms with Crippen molar-refractivity contribution in [1.82, 2.24) is 4.90 Å². The number of carbonyl (C=O) groups excluding carboxylic acids is 1. The Balaban J connectivity index is 1.88. The number of hydrogen-bond acceptors (Lipinski definition) is 5. The number of hydrogen-bond donors (Lipinski definition) is 1. The first kappa shape index (κ1) is 20.7. The van der Waals surface area contributed by atoms with Crippen molar-refractivity contribution in [2.45, 2.75) is 32.7 Å². The molecule has 0 saturated carbocycles. The zero-order valence-corrected chi connectivity index (χ0v) is 17.2. The first-order chi connectivity index (χ1) is 14.1. The molecule has 0 spiro atoms. The minimum absolute atomic E-state index is 0.300. The lowest BCUT2D eigenvalue weighted by Crippen LogP contribution is -2.27. The van der Waals surface area contributed by atoms with Crippen LogP contribution in [0.25, 0.3) is 0 Å². The van der Waals surface area contributed by atoms with Crippen molar-refractivity contribution in [3.63, 3.8) is 0 Å². The van der Waals surface area contributed by atoms with E-state index in [4.69, 9.17) is 9.47 Å². The fourth-order valence-corrected chi connectivity index (χ4v) is 3.50. The number of carbonyl (C=O) groups is 1. The molecule has 0 aromatic heterocycles. The second-order valence-corrected chi connectivity index (χ2v) is 7.25. The molecule has 2 aromatic rings. The van der Waals surface area contributed by atoms with Gasteiger partial charge in [-0.15, -0.1) is 0 Å². The summed E-state index contributed by atoms with van der Waals surface area (Å²) in [4.78, 5) is 15.3. The topological polar surface area (TPSA) is 74.6 Å². The number of nitriles is 1. The van der Waals surface area contributed by atoms with E-state index >= 15 is 0 Å². The van der Waals surface area contributed by atoms with Gasteiger partial charge in [-0.05, 0) is 43.1 Å². The molecule has 0 radical (unpaired) electrons. The number of rotatable bonds is 7. The molecule has 1 aliphatic heterocycles. The van der Waals surface area contributed by atoms with Gasteiger partial charge in [-0.3, -0.25) is 4.79 Å². The predicted octanol–water partition coefficient (Wildman–Crippen LogP) is 3.99. The van der Waals surface area contributed by atoms with E-state index in [2.05, 4.69) is 36.3 Å². The number of likely N-dealkylation sites (N-methyl/N-ethyl adjacent to an activating group) is 1. The highest BCUT2D eigenvalue weighted by Crippen LogP contribution is 2.31. The number of fused-ring (bicyclic) bond motifs is 1. The Bertz CT molecular complexity index is 934. The van der Waals surface area contributed by atoms with E-state index in [9.17, 15) is 10.1 Å². The number of nitrogens with zero attached hydrogens (tertiary/aromatic N) is 2. The molecule has 0 bridgehead atoms. The van der Waals surface area contributed by atoms with Gasteiger partial charge in [-0.1, -0.05) is 25.5 Å². The molecule has 1 heterocycles. The Morgan fingerprint density at radius 1 is 1.31 bits per heavy atom. The maximum atomic E-state index is 13.0. The number of unbranched alkanes of at least 4 members (excludes halogenated alkanes) is 1. The van der Waals surface area contributed by atoms with E-state index in [-0.39, 0.29) is 5.91 Å². The van der Waals surface area contributed by atoms with Gasteiger partial charge in [-0.25, -0.2) is 0 Å². The third kappa shape index (κ3) is 4.69. The third-order valence-electron chi connectivity index (χ3n) is 5.13. The molecule has 0 atom stereocenters. The van der Waals surface area contributed by atoms with Crippen molar-refractivity contribution < 1.29 is 14.3 Å². The van der Waals surface area contributed by atoms with Crippen molar-refractivity contribution in [3.8, 4) is 17.6 Å². The summed E-state index contributed by atoms with van der Waals surface area (Å²) in [7, 11) is 3.60. The summed E-state index contributed by atoms with van der Waals surface area (Å²) in [5.74, 6) is 0.526. The maximum Gasteiger partial charge on any atom is 0.259 e. The second-order valence-electron chi connectivity index (χ2n) is 7.25. The Kier molecular flexibility index (Phi) is 6.73. The Morgan fingerprint density at radius 2 is 2.14 bits per heavy atom. The van der Waals surface area contributed by atoms with E-state index < -0.39 is 0 Å². The largest absolute Gasteiger partial charge is 0.496 e. The molecule has 6 nitrogen and oxygen atoms in total. The molecule has 6 heteroatoms. The Hall–Kier alpha value is -3.04. The van der Waals surface area contributed by atoms with Crippen LogP contribution in [0.15, 0.2) is 30.3 Å². The minimum atomic E-state index is -0.300. The number of nitrogens with one attached hydrogen (secondary N) is 1. The molecule has 29 heavy (non-hydrogen) atoms. The summed E-state index contributed by atoms with van der Waals surface area (Å²) in [6.07, 6.45) is 2.77. The number of ether oxygens (including phenoxy) is 2. The zero-order chi connectivity index (χ0) is 20.8. The maximum absolute atomic E-state index is 13.0. The first-order valence-corrected chi connectivity index (χ1v) is 9.93. The lowest BCUT2D eigenvalue weighted by atomic mass is 9.98. The molecule has 3 rings (SSSR count). The van der Waals surface area contributed by atoms with Crippen LogP contribution in [0.4, 0.5) is 5.69 Å². The molecule has 1 aliphatic rings. The van der Waals surface area contributed by atoms with Crippen LogP contribution < -0.4 is 14.8 Å². The SMILES string of the molecule is CCCCOc1cc(OC)c(C(=O)Nc2cccc3c2CCN(C)C3)cc1C#N. The average Bonchev–Trinajstić information content (AvgIpc) is 2.73. The molecule has 1 N–H and O–H groups in total. The molecule has 0 saturated heterocycles. The standard InChI is InChI=1S/C23H27N3O3/c1-4-5-11-29-21-13-22(28-3)19(12-17(21)14-24)23(27)25-20-8-6-7-16-15-26(2)10-9-18(16)20/h6-8,12-13H,4-5,9-11,15H2,1-3H3,(H,25,27). The van der Waals surface area contributed by atoms with Crippen LogP contribution in [0.3, 0.4) is 0 Å². The van der Waals surface area contributed by atoms with Gasteiger partial charge < -0.3 is 19.7 Å². The van der Waals surface area contributed by atoms with Crippen molar-refractivity contribution in [3.05, 3.63) is 52.6 Å². The third-order valence-corrected chi connectivity index (χ3v) is 5.13. The fourth-order valence-electron chi connectivity index (χ4n) is 3.50. The minimum Gasteiger partial charge on any atom is -0.496 e. The molecule has 1 amide bonds. The van der Waals surface area contributed by atoms with Crippen LogP contribution in [0.5, 0.6) is 11.5 Å². The van der Waals surface area contributed by atoms with E-state index in [1.807, 2.05) is 12.1 Å². The molecular weight excluding hydrogens is 366 g/mol.